The normalized spacial score (nSPS) is 12.4. The number of rotatable bonds is 61. The van der Waals surface area contributed by atoms with Crippen LogP contribution in [0.5, 0.6) is 0 Å². The summed E-state index contributed by atoms with van der Waals surface area (Å²) in [5, 5.41) is 0. The Balaban J connectivity index is 4.34. The molecule has 442 valence electrons. The molecule has 6 heteroatoms. The fourth-order valence-electron chi connectivity index (χ4n) is 9.68. The highest BCUT2D eigenvalue weighted by Gasteiger charge is 2.19. The van der Waals surface area contributed by atoms with E-state index >= 15 is 0 Å². The Labute approximate surface area is 472 Å². The summed E-state index contributed by atoms with van der Waals surface area (Å²) in [4.78, 5) is 38.4. The zero-order valence-electron chi connectivity index (χ0n) is 50.8. The Morgan fingerprint density at radius 1 is 0.263 bits per heavy atom. The lowest BCUT2D eigenvalue weighted by atomic mass is 10.1. The minimum atomic E-state index is -0.783. The summed E-state index contributed by atoms with van der Waals surface area (Å²) < 4.78 is 16.9. The first-order valence-corrected chi connectivity index (χ1v) is 33.3. The van der Waals surface area contributed by atoms with E-state index in [2.05, 4.69) is 81.5 Å². The SMILES string of the molecule is CCCCCCC/C=C\C/C=C\C/C=C\CCCCCCCCCCC(=O)OCC(COC(=O)CCCCCCC/C=C\CCCCCCC)OC(=O)CCCCCCCCCCC/C=C\CCCCCCCCCC. The van der Waals surface area contributed by atoms with Crippen LogP contribution in [0.4, 0.5) is 0 Å². The lowest BCUT2D eigenvalue weighted by Crippen LogP contribution is -2.30. The number of carbonyl (C=O) groups excluding carboxylic acids is 3. The maximum absolute atomic E-state index is 12.9. The average molecular weight is 1060 g/mol. The first-order chi connectivity index (χ1) is 37.5. The Kier molecular flexibility index (Phi) is 62.2. The van der Waals surface area contributed by atoms with Gasteiger partial charge >= 0.3 is 17.9 Å². The van der Waals surface area contributed by atoms with Crippen molar-refractivity contribution < 1.29 is 28.6 Å². The average Bonchev–Trinajstić information content (AvgIpc) is 3.42. The highest BCUT2D eigenvalue weighted by molar-refractivity contribution is 5.71. The third-order valence-electron chi connectivity index (χ3n) is 14.7. The van der Waals surface area contributed by atoms with Crippen molar-refractivity contribution in [2.75, 3.05) is 13.2 Å². The van der Waals surface area contributed by atoms with Crippen LogP contribution in [0.2, 0.25) is 0 Å². The first kappa shape index (κ1) is 73.1. The smallest absolute Gasteiger partial charge is 0.306 e. The fraction of sp³-hybridized carbons (Fsp3) is 0.814. The topological polar surface area (TPSA) is 78.9 Å². The second kappa shape index (κ2) is 64.6. The van der Waals surface area contributed by atoms with E-state index in [1.165, 1.54) is 225 Å². The molecular formula is C70H126O6. The van der Waals surface area contributed by atoms with Crippen LogP contribution in [0.25, 0.3) is 0 Å². The second-order valence-electron chi connectivity index (χ2n) is 22.4. The molecule has 0 aromatic carbocycles. The van der Waals surface area contributed by atoms with Crippen LogP contribution in [0, 0.1) is 0 Å². The van der Waals surface area contributed by atoms with E-state index in [9.17, 15) is 14.4 Å². The molecule has 0 heterocycles. The minimum Gasteiger partial charge on any atom is -0.462 e. The maximum Gasteiger partial charge on any atom is 0.306 e. The predicted octanol–water partition coefficient (Wildman–Crippen LogP) is 22.7. The third kappa shape index (κ3) is 62.0. The molecule has 0 aromatic heterocycles. The van der Waals surface area contributed by atoms with Crippen molar-refractivity contribution in [3.63, 3.8) is 0 Å². The van der Waals surface area contributed by atoms with Crippen LogP contribution in [-0.2, 0) is 28.6 Å². The van der Waals surface area contributed by atoms with Gasteiger partial charge in [0.15, 0.2) is 6.10 Å². The molecule has 1 atom stereocenters. The molecule has 0 fully saturated rings. The number of ether oxygens (including phenoxy) is 3. The Bertz CT molecular complexity index is 1360. The Hall–Kier alpha value is -2.89. The van der Waals surface area contributed by atoms with Gasteiger partial charge in [0.1, 0.15) is 13.2 Å². The van der Waals surface area contributed by atoms with Gasteiger partial charge in [0.2, 0.25) is 0 Å². The van der Waals surface area contributed by atoms with Crippen LogP contribution >= 0.6 is 0 Å². The van der Waals surface area contributed by atoms with Crippen molar-refractivity contribution in [1.29, 1.82) is 0 Å². The summed E-state index contributed by atoms with van der Waals surface area (Å²) in [6.45, 7) is 6.65. The van der Waals surface area contributed by atoms with Gasteiger partial charge in [-0.2, -0.15) is 0 Å². The summed E-state index contributed by atoms with van der Waals surface area (Å²) in [5.41, 5.74) is 0. The van der Waals surface area contributed by atoms with Gasteiger partial charge in [-0.15, -0.1) is 0 Å². The largest absolute Gasteiger partial charge is 0.462 e. The van der Waals surface area contributed by atoms with Gasteiger partial charge in [0, 0.05) is 19.3 Å². The molecular weight excluding hydrogens is 937 g/mol. The lowest BCUT2D eigenvalue weighted by Gasteiger charge is -2.18. The number of hydrogen-bond donors (Lipinski definition) is 0. The van der Waals surface area contributed by atoms with Crippen molar-refractivity contribution in [2.24, 2.45) is 0 Å². The van der Waals surface area contributed by atoms with Gasteiger partial charge in [0.25, 0.3) is 0 Å². The molecule has 1 unspecified atom stereocenters. The van der Waals surface area contributed by atoms with E-state index in [4.69, 9.17) is 14.2 Å². The molecule has 6 nitrogen and oxygen atoms in total. The molecule has 0 saturated carbocycles. The van der Waals surface area contributed by atoms with Gasteiger partial charge in [-0.25, -0.2) is 0 Å². The highest BCUT2D eigenvalue weighted by atomic mass is 16.6. The van der Waals surface area contributed by atoms with Crippen LogP contribution in [0.1, 0.15) is 348 Å². The van der Waals surface area contributed by atoms with Gasteiger partial charge in [0.05, 0.1) is 0 Å². The quantitative estimate of drug-likeness (QED) is 0.0261. The minimum absolute atomic E-state index is 0.0798. The Morgan fingerprint density at radius 2 is 0.474 bits per heavy atom. The number of carbonyl (C=O) groups is 3. The number of hydrogen-bond acceptors (Lipinski definition) is 6. The van der Waals surface area contributed by atoms with E-state index in [-0.39, 0.29) is 31.1 Å². The number of unbranched alkanes of at least 4 members (excludes halogenated alkanes) is 40. The van der Waals surface area contributed by atoms with E-state index in [0.717, 1.165) is 83.5 Å². The second-order valence-corrected chi connectivity index (χ2v) is 22.4. The molecule has 0 aliphatic rings. The molecule has 0 amide bonds. The Morgan fingerprint density at radius 3 is 0.750 bits per heavy atom. The van der Waals surface area contributed by atoms with Gasteiger partial charge in [-0.3, -0.25) is 14.4 Å². The highest BCUT2D eigenvalue weighted by Crippen LogP contribution is 2.16. The summed E-state index contributed by atoms with van der Waals surface area (Å²) >= 11 is 0. The molecule has 0 aromatic rings. The summed E-state index contributed by atoms with van der Waals surface area (Å²) in [5.74, 6) is -0.879. The molecule has 76 heavy (non-hydrogen) atoms. The van der Waals surface area contributed by atoms with E-state index in [1.807, 2.05) is 0 Å². The molecule has 0 aliphatic heterocycles. The van der Waals surface area contributed by atoms with Crippen LogP contribution in [0.3, 0.4) is 0 Å². The van der Waals surface area contributed by atoms with Gasteiger partial charge in [-0.1, -0.05) is 281 Å². The van der Waals surface area contributed by atoms with E-state index in [0.29, 0.717) is 19.3 Å². The van der Waals surface area contributed by atoms with Crippen molar-refractivity contribution >= 4 is 17.9 Å². The summed E-state index contributed by atoms with van der Waals surface area (Å²) in [6.07, 6.45) is 82.3. The van der Waals surface area contributed by atoms with Crippen LogP contribution in [-0.4, -0.2) is 37.2 Å². The molecule has 0 saturated heterocycles. The lowest BCUT2D eigenvalue weighted by molar-refractivity contribution is -0.167. The molecule has 0 radical (unpaired) electrons. The van der Waals surface area contributed by atoms with Crippen molar-refractivity contribution in [3.8, 4) is 0 Å². The fourth-order valence-corrected chi connectivity index (χ4v) is 9.68. The molecule has 0 N–H and O–H groups in total. The predicted molar refractivity (Wildman–Crippen MR) is 330 cm³/mol. The van der Waals surface area contributed by atoms with Gasteiger partial charge in [-0.05, 0) is 109 Å². The number of esters is 3. The number of allylic oxidation sites excluding steroid dienone is 10. The van der Waals surface area contributed by atoms with Crippen molar-refractivity contribution in [2.45, 2.75) is 354 Å². The molecule has 0 bridgehead atoms. The van der Waals surface area contributed by atoms with E-state index in [1.54, 1.807) is 0 Å². The maximum atomic E-state index is 12.9. The molecule has 0 spiro atoms. The van der Waals surface area contributed by atoms with Crippen LogP contribution < -0.4 is 0 Å². The van der Waals surface area contributed by atoms with E-state index < -0.39 is 6.10 Å². The zero-order valence-corrected chi connectivity index (χ0v) is 50.8. The van der Waals surface area contributed by atoms with Crippen molar-refractivity contribution in [3.05, 3.63) is 60.8 Å². The van der Waals surface area contributed by atoms with Crippen LogP contribution in [0.15, 0.2) is 60.8 Å². The molecule has 0 rings (SSSR count). The standard InChI is InChI=1S/C70H126O6/c1-4-7-10-13-16-19-22-25-28-30-32-34-35-37-38-40-42-45-48-51-54-57-60-63-69(72)75-66-67(65-74-68(71)62-59-56-53-50-47-44-27-24-21-18-15-12-9-6-3)76-70(73)64-61-58-55-52-49-46-43-41-39-36-33-31-29-26-23-20-17-14-11-8-5-2/h22,24-25,27,30-33,35,37,67H,4-21,23,26,28-29,34,36,38-66H2,1-3H3/b25-22-,27-24-,32-30-,33-31-,37-35-. The summed E-state index contributed by atoms with van der Waals surface area (Å²) in [7, 11) is 0. The third-order valence-corrected chi connectivity index (χ3v) is 14.7. The molecule has 0 aliphatic carbocycles. The monoisotopic (exact) mass is 1060 g/mol. The zero-order chi connectivity index (χ0) is 55.0. The van der Waals surface area contributed by atoms with Gasteiger partial charge < -0.3 is 14.2 Å². The van der Waals surface area contributed by atoms with Crippen molar-refractivity contribution in [1.82, 2.24) is 0 Å². The summed E-state index contributed by atoms with van der Waals surface area (Å²) in [6, 6.07) is 0. The first-order valence-electron chi connectivity index (χ1n) is 33.3.